The van der Waals surface area contributed by atoms with Crippen molar-refractivity contribution < 1.29 is 4.79 Å². The number of nitrogens with zero attached hydrogens (tertiary/aromatic N) is 4. The van der Waals surface area contributed by atoms with E-state index in [1.165, 1.54) is 19.3 Å². The fourth-order valence-electron chi connectivity index (χ4n) is 2.74. The van der Waals surface area contributed by atoms with Crippen LogP contribution in [0.25, 0.3) is 0 Å². The third-order valence-electron chi connectivity index (χ3n) is 3.71. The first-order chi connectivity index (χ1) is 8.74. The van der Waals surface area contributed by atoms with Gasteiger partial charge in [0, 0.05) is 31.2 Å². The van der Waals surface area contributed by atoms with Crippen LogP contribution in [0.1, 0.15) is 37.3 Å². The highest BCUT2D eigenvalue weighted by Crippen LogP contribution is 2.20. The minimum atomic E-state index is 0.170. The minimum Gasteiger partial charge on any atom is -0.334 e. The summed E-state index contributed by atoms with van der Waals surface area (Å²) >= 11 is 4.37. The molecule has 6 heteroatoms. The van der Waals surface area contributed by atoms with Crippen LogP contribution in [0.4, 0.5) is 0 Å². The van der Waals surface area contributed by atoms with Gasteiger partial charge in [-0.15, -0.1) is 10.2 Å². The van der Waals surface area contributed by atoms with Crippen molar-refractivity contribution in [3.8, 4) is 0 Å². The van der Waals surface area contributed by atoms with Gasteiger partial charge in [-0.2, -0.15) is 12.6 Å². The Balaban J connectivity index is 1.77. The molecule has 1 fully saturated rings. The Morgan fingerprint density at radius 3 is 2.94 bits per heavy atom. The minimum absolute atomic E-state index is 0.170. The number of carbonyl (C=O) groups excluding carboxylic acids is 1. The molecule has 0 radical (unpaired) electrons. The zero-order valence-corrected chi connectivity index (χ0v) is 11.3. The second kappa shape index (κ2) is 4.91. The predicted molar refractivity (Wildman–Crippen MR) is 70.4 cm³/mol. The number of hydrogen-bond donors (Lipinski definition) is 1. The lowest BCUT2D eigenvalue weighted by atomic mass is 10.2. The number of thiol groups is 1. The highest BCUT2D eigenvalue weighted by Gasteiger charge is 2.28. The van der Waals surface area contributed by atoms with Crippen molar-refractivity contribution in [1.29, 1.82) is 0 Å². The van der Waals surface area contributed by atoms with E-state index in [0.717, 1.165) is 31.2 Å². The lowest BCUT2D eigenvalue weighted by Gasteiger charge is -2.16. The number of likely N-dealkylation sites (tertiary alicyclic amines) is 1. The number of aromatic nitrogens is 3. The number of rotatable bonds is 2. The van der Waals surface area contributed by atoms with Crippen LogP contribution in [-0.4, -0.2) is 37.4 Å². The molecule has 1 saturated heterocycles. The molecular formula is C12H18N4OS. The summed E-state index contributed by atoms with van der Waals surface area (Å²) < 4.78 is 2.20. The molecule has 1 unspecified atom stereocenters. The maximum absolute atomic E-state index is 11.8. The highest BCUT2D eigenvalue weighted by atomic mass is 32.1. The predicted octanol–water partition coefficient (Wildman–Crippen LogP) is 1.04. The van der Waals surface area contributed by atoms with Crippen LogP contribution in [-0.2, 0) is 24.3 Å². The lowest BCUT2D eigenvalue weighted by molar-refractivity contribution is -0.128. The smallest absolute Gasteiger partial charge is 0.224 e. The maximum atomic E-state index is 11.8. The van der Waals surface area contributed by atoms with E-state index in [1.807, 2.05) is 4.90 Å². The van der Waals surface area contributed by atoms with E-state index in [4.69, 9.17) is 0 Å². The zero-order valence-electron chi connectivity index (χ0n) is 10.4. The van der Waals surface area contributed by atoms with Crippen molar-refractivity contribution in [2.75, 3.05) is 6.54 Å². The molecule has 0 N–H and O–H groups in total. The maximum Gasteiger partial charge on any atom is 0.224 e. The summed E-state index contributed by atoms with van der Waals surface area (Å²) in [5.74, 6) is 2.19. The number of carbonyl (C=O) groups is 1. The summed E-state index contributed by atoms with van der Waals surface area (Å²) in [6.45, 7) is 2.30. The van der Waals surface area contributed by atoms with Crippen molar-refractivity contribution in [1.82, 2.24) is 19.7 Å². The quantitative estimate of drug-likeness (QED) is 0.814. The molecular weight excluding hydrogens is 248 g/mol. The first-order valence-electron chi connectivity index (χ1n) is 6.61. The van der Waals surface area contributed by atoms with E-state index in [0.29, 0.717) is 13.0 Å². The molecule has 2 aliphatic heterocycles. The normalized spacial score (nSPS) is 24.2. The SMILES string of the molecule is O=C1CC(S)CN1Cc1nnc2n1CCCCC2. The van der Waals surface area contributed by atoms with E-state index in [1.54, 1.807) is 0 Å². The van der Waals surface area contributed by atoms with Crippen LogP contribution in [0.3, 0.4) is 0 Å². The summed E-state index contributed by atoms with van der Waals surface area (Å²) in [6, 6.07) is 0. The molecule has 1 atom stereocenters. The summed E-state index contributed by atoms with van der Waals surface area (Å²) in [5, 5.41) is 8.69. The van der Waals surface area contributed by atoms with E-state index in [9.17, 15) is 4.79 Å². The Labute approximate surface area is 112 Å². The molecule has 0 spiro atoms. The Morgan fingerprint density at radius 1 is 1.28 bits per heavy atom. The van der Waals surface area contributed by atoms with Gasteiger partial charge in [0.05, 0.1) is 6.54 Å². The third kappa shape index (κ3) is 2.25. The lowest BCUT2D eigenvalue weighted by Crippen LogP contribution is -2.26. The standard InChI is InChI=1S/C12H18N4OS/c17-12-6-9(18)7-15(12)8-11-14-13-10-4-2-1-3-5-16(10)11/h9,18H,1-8H2. The van der Waals surface area contributed by atoms with Crippen molar-refractivity contribution in [3.05, 3.63) is 11.6 Å². The monoisotopic (exact) mass is 266 g/mol. The summed E-state index contributed by atoms with van der Waals surface area (Å²) in [7, 11) is 0. The average molecular weight is 266 g/mol. The highest BCUT2D eigenvalue weighted by molar-refractivity contribution is 7.81. The Morgan fingerprint density at radius 2 is 2.17 bits per heavy atom. The molecule has 0 saturated carbocycles. The van der Waals surface area contributed by atoms with Gasteiger partial charge < -0.3 is 9.47 Å². The Hall–Kier alpha value is -1.04. The van der Waals surface area contributed by atoms with Crippen LogP contribution in [0, 0.1) is 0 Å². The first-order valence-corrected chi connectivity index (χ1v) is 7.12. The molecule has 3 heterocycles. The van der Waals surface area contributed by atoms with Crippen molar-refractivity contribution >= 4 is 18.5 Å². The number of fused-ring (bicyclic) bond motifs is 1. The molecule has 1 aromatic rings. The van der Waals surface area contributed by atoms with E-state index in [2.05, 4.69) is 27.4 Å². The third-order valence-corrected chi connectivity index (χ3v) is 4.06. The largest absolute Gasteiger partial charge is 0.334 e. The number of hydrogen-bond acceptors (Lipinski definition) is 4. The Kier molecular flexibility index (Phi) is 3.28. The topological polar surface area (TPSA) is 51.0 Å². The van der Waals surface area contributed by atoms with Crippen molar-refractivity contribution in [2.24, 2.45) is 0 Å². The van der Waals surface area contributed by atoms with Crippen LogP contribution < -0.4 is 0 Å². The van der Waals surface area contributed by atoms with Gasteiger partial charge >= 0.3 is 0 Å². The van der Waals surface area contributed by atoms with Gasteiger partial charge in [-0.1, -0.05) is 6.42 Å². The summed E-state index contributed by atoms with van der Waals surface area (Å²) in [5.41, 5.74) is 0. The molecule has 0 aliphatic carbocycles. The molecule has 98 valence electrons. The second-order valence-corrected chi connectivity index (χ2v) is 5.86. The fourth-order valence-corrected chi connectivity index (χ4v) is 3.09. The summed E-state index contributed by atoms with van der Waals surface area (Å²) in [4.78, 5) is 13.6. The van der Waals surface area contributed by atoms with Crippen LogP contribution in [0.15, 0.2) is 0 Å². The molecule has 1 amide bonds. The van der Waals surface area contributed by atoms with Gasteiger partial charge in [-0.05, 0) is 12.8 Å². The molecule has 5 nitrogen and oxygen atoms in total. The molecule has 0 aromatic carbocycles. The van der Waals surface area contributed by atoms with Crippen molar-refractivity contribution in [3.63, 3.8) is 0 Å². The van der Waals surface area contributed by atoms with Gasteiger partial charge in [0.15, 0.2) is 5.82 Å². The van der Waals surface area contributed by atoms with Crippen LogP contribution in [0.2, 0.25) is 0 Å². The number of amides is 1. The molecule has 1 aromatic heterocycles. The van der Waals surface area contributed by atoms with Gasteiger partial charge in [0.1, 0.15) is 5.82 Å². The van der Waals surface area contributed by atoms with E-state index in [-0.39, 0.29) is 11.2 Å². The average Bonchev–Trinajstić information content (AvgIpc) is 2.75. The molecule has 18 heavy (non-hydrogen) atoms. The van der Waals surface area contributed by atoms with Gasteiger partial charge in [0.2, 0.25) is 5.91 Å². The zero-order chi connectivity index (χ0) is 12.5. The van der Waals surface area contributed by atoms with Crippen molar-refractivity contribution in [2.45, 2.75) is 50.4 Å². The van der Waals surface area contributed by atoms with Gasteiger partial charge in [-0.3, -0.25) is 4.79 Å². The van der Waals surface area contributed by atoms with Gasteiger partial charge in [0.25, 0.3) is 0 Å². The van der Waals surface area contributed by atoms with Crippen LogP contribution in [0.5, 0.6) is 0 Å². The van der Waals surface area contributed by atoms with E-state index >= 15 is 0 Å². The van der Waals surface area contributed by atoms with Gasteiger partial charge in [-0.25, -0.2) is 0 Å². The Bertz CT molecular complexity index is 459. The van der Waals surface area contributed by atoms with Crippen LogP contribution >= 0.6 is 12.6 Å². The van der Waals surface area contributed by atoms with E-state index < -0.39 is 0 Å². The molecule has 2 aliphatic rings. The second-order valence-electron chi connectivity index (χ2n) is 5.13. The number of aryl methyl sites for hydroxylation is 1. The molecule has 0 bridgehead atoms. The fraction of sp³-hybridized carbons (Fsp3) is 0.750. The molecule has 3 rings (SSSR count). The summed E-state index contributed by atoms with van der Waals surface area (Å²) in [6.07, 6.45) is 5.19. The first kappa shape index (κ1) is 12.0.